The van der Waals surface area contributed by atoms with E-state index < -0.39 is 98.4 Å². The summed E-state index contributed by atoms with van der Waals surface area (Å²) in [6.45, 7) is 7.75. The average Bonchev–Trinajstić information content (AvgIpc) is 3.73. The van der Waals surface area contributed by atoms with E-state index >= 15 is 0 Å². The van der Waals surface area contributed by atoms with Crippen LogP contribution in [0.15, 0.2) is 29.7 Å². The summed E-state index contributed by atoms with van der Waals surface area (Å²) in [6, 6.07) is 1.29. The van der Waals surface area contributed by atoms with E-state index in [-0.39, 0.29) is 34.3 Å². The maximum Gasteiger partial charge on any atom is 0.472 e. The van der Waals surface area contributed by atoms with E-state index in [0.717, 1.165) is 4.57 Å². The molecule has 0 amide bonds. The number of carbonyl (C=O) groups excluding carboxylic acids is 1. The molecule has 294 valence electrons. The summed E-state index contributed by atoms with van der Waals surface area (Å²) in [5, 5.41) is 11.2. The van der Waals surface area contributed by atoms with Gasteiger partial charge in [0, 0.05) is 12.6 Å². The largest absolute Gasteiger partial charge is 0.472 e. The Labute approximate surface area is 302 Å². The molecule has 3 aromatic rings. The summed E-state index contributed by atoms with van der Waals surface area (Å²) in [7, 11) is -12.6. The predicted octanol–water partition coefficient (Wildman–Crippen LogP) is 0.339. The summed E-state index contributed by atoms with van der Waals surface area (Å²) < 4.78 is 65.5. The zero-order valence-electron chi connectivity index (χ0n) is 29.2. The number of ether oxygens (including phenoxy) is 3. The average molecular weight is 809 g/mol. The minimum Gasteiger partial charge on any atom is -0.455 e. The van der Waals surface area contributed by atoms with E-state index in [2.05, 4.69) is 24.5 Å². The highest BCUT2D eigenvalue weighted by atomic mass is 31.2. The molecule has 2 aliphatic rings. The number of nitrogens with two attached hydrogens (primary N) is 2. The van der Waals surface area contributed by atoms with Gasteiger partial charge in [0.05, 0.1) is 19.5 Å². The highest BCUT2D eigenvalue weighted by Crippen LogP contribution is 2.50. The topological polar surface area (TPSA) is 327 Å². The van der Waals surface area contributed by atoms with Crippen molar-refractivity contribution < 1.29 is 65.9 Å². The molecule has 5 rings (SSSR count). The van der Waals surface area contributed by atoms with Crippen molar-refractivity contribution in [2.24, 2.45) is 0 Å². The fraction of sp³-hybridized carbons (Fsp3) is 0.630. The lowest BCUT2D eigenvalue weighted by Crippen LogP contribution is -2.44. The fourth-order valence-electron chi connectivity index (χ4n) is 5.24. The maximum absolute atomic E-state index is 13.3. The summed E-state index contributed by atoms with van der Waals surface area (Å²) in [5.74, 6) is -0.891. The lowest BCUT2D eigenvalue weighted by Gasteiger charge is -2.35. The molecule has 2 saturated heterocycles. The van der Waals surface area contributed by atoms with Crippen molar-refractivity contribution in [3.63, 3.8) is 0 Å². The van der Waals surface area contributed by atoms with Crippen LogP contribution in [-0.2, 0) is 46.1 Å². The number of hydrogen-bond acceptors (Lipinski definition) is 18. The summed E-state index contributed by atoms with van der Waals surface area (Å²) >= 11 is 0. The van der Waals surface area contributed by atoms with Crippen LogP contribution in [0.3, 0.4) is 0 Å². The number of phosphoric ester groups is 2. The Bertz CT molecular complexity index is 1950. The number of hydrogen-bond donors (Lipinski definition) is 6. The molecule has 8 N–H and O–H groups in total. The number of nitrogen functional groups attached to an aromatic ring is 2. The molecule has 0 saturated carbocycles. The summed E-state index contributed by atoms with van der Waals surface area (Å²) in [6.07, 6.45) is -6.42. The van der Waals surface area contributed by atoms with E-state index in [4.69, 9.17) is 39.2 Å². The predicted molar refractivity (Wildman–Crippen MR) is 183 cm³/mol. The highest BCUT2D eigenvalue weighted by molar-refractivity contribution is 7.47. The second-order valence-corrected chi connectivity index (χ2v) is 21.2. The zero-order chi connectivity index (χ0) is 39.1. The smallest absolute Gasteiger partial charge is 0.455 e. The van der Waals surface area contributed by atoms with E-state index in [9.17, 15) is 38.5 Å². The molecule has 2 fully saturated rings. The third kappa shape index (κ3) is 9.72. The fourth-order valence-corrected chi connectivity index (χ4v) is 7.46. The standard InChI is InChI=1S/C27H42N8O15P2Si/c1-27(2,3)53(4,5)46-11-19(36)49-22-16(48-25(21(22)37)35-13-32-20-23(29)30-12-31-24(20)35)10-45-52(42,43)50-14-8-18(34-7-6-17(28)33-26(34)38)47-15(14)9-44-51(39,40)41/h6-7,12-16,18,21-22,25,37H,8-11H2,1-5H3,(H,42,43)(H2,28,33,38)(H2,29,30,31)(H2,39,40,41)/t14-,15+,16+,18?,21+,22+,25?/m0/s1. The van der Waals surface area contributed by atoms with E-state index in [1.807, 2.05) is 33.9 Å². The molecule has 53 heavy (non-hydrogen) atoms. The van der Waals surface area contributed by atoms with Gasteiger partial charge < -0.3 is 49.9 Å². The Morgan fingerprint density at radius 2 is 1.75 bits per heavy atom. The lowest BCUT2D eigenvalue weighted by atomic mass is 10.1. The number of aromatic nitrogens is 6. The lowest BCUT2D eigenvalue weighted by molar-refractivity contribution is -0.159. The van der Waals surface area contributed by atoms with Crippen LogP contribution in [0, 0.1) is 0 Å². The van der Waals surface area contributed by atoms with Gasteiger partial charge >= 0.3 is 27.3 Å². The Balaban J connectivity index is 1.34. The first kappa shape index (κ1) is 41.0. The van der Waals surface area contributed by atoms with Gasteiger partial charge in [0.2, 0.25) is 0 Å². The van der Waals surface area contributed by atoms with Gasteiger partial charge in [0.1, 0.15) is 54.9 Å². The number of anilines is 2. The van der Waals surface area contributed by atoms with Crippen LogP contribution in [0.5, 0.6) is 0 Å². The van der Waals surface area contributed by atoms with Gasteiger partial charge in [0.15, 0.2) is 32.1 Å². The van der Waals surface area contributed by atoms with Gasteiger partial charge in [-0.3, -0.25) is 22.7 Å². The molecule has 0 aliphatic carbocycles. The number of imidazole rings is 1. The van der Waals surface area contributed by atoms with Crippen molar-refractivity contribution >= 4 is 52.7 Å². The third-order valence-electron chi connectivity index (χ3n) is 9.02. The van der Waals surface area contributed by atoms with Crippen molar-refractivity contribution in [1.29, 1.82) is 0 Å². The van der Waals surface area contributed by atoms with Crippen molar-refractivity contribution in [2.45, 2.75) is 88.3 Å². The number of fused-ring (bicyclic) bond motifs is 1. The summed E-state index contributed by atoms with van der Waals surface area (Å²) in [4.78, 5) is 70.6. The van der Waals surface area contributed by atoms with Gasteiger partial charge in [-0.1, -0.05) is 20.8 Å². The van der Waals surface area contributed by atoms with Gasteiger partial charge in [0.25, 0.3) is 0 Å². The van der Waals surface area contributed by atoms with Gasteiger partial charge in [-0.15, -0.1) is 0 Å². The minimum atomic E-state index is -5.12. The Morgan fingerprint density at radius 3 is 2.42 bits per heavy atom. The van der Waals surface area contributed by atoms with E-state index in [1.165, 1.54) is 29.5 Å². The molecule has 5 heterocycles. The molecule has 0 spiro atoms. The molecular weight excluding hydrogens is 766 g/mol. The number of phosphoric acid groups is 2. The van der Waals surface area contributed by atoms with Gasteiger partial charge in [-0.05, 0) is 24.2 Å². The quantitative estimate of drug-likeness (QED) is 0.0726. The summed E-state index contributed by atoms with van der Waals surface area (Å²) in [5.41, 5.74) is 11.0. The molecule has 8 atom stereocenters. The Hall–Kier alpha value is -3.22. The first-order valence-electron chi connectivity index (χ1n) is 16.0. The number of carbonyl (C=O) groups is 1. The van der Waals surface area contributed by atoms with Crippen molar-refractivity contribution in [2.75, 3.05) is 31.3 Å². The number of esters is 1. The number of nitrogens with zero attached hydrogens (tertiary/aromatic N) is 6. The van der Waals surface area contributed by atoms with Crippen molar-refractivity contribution in [1.82, 2.24) is 29.1 Å². The molecule has 2 aliphatic heterocycles. The first-order valence-corrected chi connectivity index (χ1v) is 21.9. The van der Waals surface area contributed by atoms with Crippen LogP contribution in [0.4, 0.5) is 11.6 Å². The molecule has 0 aromatic carbocycles. The van der Waals surface area contributed by atoms with Gasteiger partial charge in [-0.25, -0.2) is 33.7 Å². The first-order chi connectivity index (χ1) is 24.5. The number of aliphatic hydroxyl groups is 1. The normalized spacial score (nSPS) is 26.5. The molecule has 3 unspecified atom stereocenters. The third-order valence-corrected chi connectivity index (χ3v) is 15.0. The van der Waals surface area contributed by atoms with Crippen LogP contribution >= 0.6 is 15.6 Å². The molecular formula is C27H42N8O15P2Si. The number of rotatable bonds is 14. The van der Waals surface area contributed by atoms with Crippen LogP contribution in [0.1, 0.15) is 39.6 Å². The van der Waals surface area contributed by atoms with Gasteiger partial charge in [-0.2, -0.15) is 4.98 Å². The second kappa shape index (κ2) is 15.5. The van der Waals surface area contributed by atoms with Crippen molar-refractivity contribution in [3.05, 3.63) is 35.4 Å². The highest BCUT2D eigenvalue weighted by Gasteiger charge is 2.50. The molecule has 0 radical (unpaired) electrons. The Morgan fingerprint density at radius 1 is 1.06 bits per heavy atom. The SMILES string of the molecule is CC(C)(C)[Si](C)(C)OCC(=O)O[C@@H]1[C@@H](COP(=O)(O)O[C@H]2CC(n3ccc(N)nc3=O)O[C@@H]2COP(=O)(O)O)OC(n2cnc3c(N)ncnc32)[C@@H]1O. The Kier molecular flexibility index (Phi) is 12.0. The maximum atomic E-state index is 13.3. The van der Waals surface area contributed by atoms with E-state index in [0.29, 0.717) is 0 Å². The second-order valence-electron chi connectivity index (χ2n) is 13.7. The van der Waals surface area contributed by atoms with Crippen LogP contribution < -0.4 is 17.2 Å². The number of aliphatic hydroxyl groups excluding tert-OH is 1. The monoisotopic (exact) mass is 808 g/mol. The zero-order valence-corrected chi connectivity index (χ0v) is 32.0. The molecule has 26 heteroatoms. The van der Waals surface area contributed by atoms with Crippen LogP contribution in [-0.4, -0.2) is 113 Å². The van der Waals surface area contributed by atoms with Crippen LogP contribution in [0.25, 0.3) is 11.2 Å². The van der Waals surface area contributed by atoms with Crippen molar-refractivity contribution in [3.8, 4) is 0 Å². The molecule has 23 nitrogen and oxygen atoms in total. The molecule has 0 bridgehead atoms. The van der Waals surface area contributed by atoms with Crippen LogP contribution in [0.2, 0.25) is 18.1 Å². The minimum absolute atomic E-state index is 0.0467. The van der Waals surface area contributed by atoms with E-state index in [1.54, 1.807) is 0 Å². The molecule has 3 aromatic heterocycles.